The summed E-state index contributed by atoms with van der Waals surface area (Å²) in [5.41, 5.74) is 0.860. The lowest BCUT2D eigenvalue weighted by atomic mass is 10.1. The summed E-state index contributed by atoms with van der Waals surface area (Å²) >= 11 is 0. The predicted molar refractivity (Wildman–Crippen MR) is 85.8 cm³/mol. The summed E-state index contributed by atoms with van der Waals surface area (Å²) in [6.45, 7) is 0.836. The molecule has 122 valence electrons. The molecule has 1 aliphatic heterocycles. The highest BCUT2D eigenvalue weighted by molar-refractivity contribution is 5.98. The molecule has 0 radical (unpaired) electrons. The number of nitriles is 1. The van der Waals surface area contributed by atoms with E-state index in [4.69, 9.17) is 9.68 Å². The van der Waals surface area contributed by atoms with Gasteiger partial charge in [0.05, 0.1) is 24.4 Å². The zero-order chi connectivity index (χ0) is 16.9. The van der Waals surface area contributed by atoms with Crippen LogP contribution in [0.2, 0.25) is 0 Å². The van der Waals surface area contributed by atoms with Gasteiger partial charge in [0.1, 0.15) is 11.8 Å². The molecule has 24 heavy (non-hydrogen) atoms. The Labute approximate surface area is 139 Å². The monoisotopic (exact) mass is 323 g/mol. The number of likely N-dealkylation sites (tertiary alicyclic amines) is 1. The second kappa shape index (κ2) is 7.01. The van der Waals surface area contributed by atoms with Crippen molar-refractivity contribution < 1.29 is 14.0 Å². The van der Waals surface area contributed by atoms with E-state index in [9.17, 15) is 9.59 Å². The van der Waals surface area contributed by atoms with Crippen LogP contribution >= 0.6 is 0 Å². The molecule has 1 N–H and O–H groups in total. The minimum atomic E-state index is -0.488. The zero-order valence-electron chi connectivity index (χ0n) is 13.1. The van der Waals surface area contributed by atoms with Crippen LogP contribution in [0.1, 0.15) is 34.5 Å². The molecule has 3 rings (SSSR count). The number of furan rings is 1. The number of carbonyl (C=O) groups excluding carboxylic acids is 2. The van der Waals surface area contributed by atoms with Crippen LogP contribution in [0.15, 0.2) is 47.1 Å². The second-order valence-electron chi connectivity index (χ2n) is 5.65. The fourth-order valence-corrected chi connectivity index (χ4v) is 2.88. The quantitative estimate of drug-likeness (QED) is 0.933. The number of amides is 2. The summed E-state index contributed by atoms with van der Waals surface area (Å²) < 4.78 is 5.19. The van der Waals surface area contributed by atoms with E-state index in [0.29, 0.717) is 36.4 Å². The maximum absolute atomic E-state index is 12.7. The smallest absolute Gasteiger partial charge is 0.254 e. The number of nitrogens with zero attached hydrogens (tertiary/aromatic N) is 2. The molecular weight excluding hydrogens is 306 g/mol. The first kappa shape index (κ1) is 15.8. The van der Waals surface area contributed by atoms with Crippen molar-refractivity contribution in [1.82, 2.24) is 10.2 Å². The standard InChI is InChI=1S/C18H17N3O3/c19-11-13-4-1-5-14(10-13)18(23)21-8-2-7-16(21)17(22)20-12-15-6-3-9-24-15/h1,3-6,9-10,16H,2,7-8,12H2,(H,20,22)/t16-/m1/s1. The molecule has 2 heterocycles. The lowest BCUT2D eigenvalue weighted by Gasteiger charge is -2.24. The van der Waals surface area contributed by atoms with E-state index in [1.807, 2.05) is 6.07 Å². The van der Waals surface area contributed by atoms with Crippen molar-refractivity contribution in [3.05, 3.63) is 59.5 Å². The van der Waals surface area contributed by atoms with Gasteiger partial charge in [0.2, 0.25) is 5.91 Å². The Bertz CT molecular complexity index is 777. The molecule has 1 aliphatic rings. The highest BCUT2D eigenvalue weighted by Crippen LogP contribution is 2.21. The van der Waals surface area contributed by atoms with Gasteiger partial charge in [0, 0.05) is 12.1 Å². The Morgan fingerprint density at radius 1 is 1.33 bits per heavy atom. The number of rotatable bonds is 4. The van der Waals surface area contributed by atoms with Gasteiger partial charge < -0.3 is 14.6 Å². The summed E-state index contributed by atoms with van der Waals surface area (Å²) in [5, 5.41) is 11.8. The Morgan fingerprint density at radius 3 is 2.96 bits per heavy atom. The molecule has 0 spiro atoms. The van der Waals surface area contributed by atoms with Crippen LogP contribution in [0.4, 0.5) is 0 Å². The van der Waals surface area contributed by atoms with Crippen LogP contribution in [0.3, 0.4) is 0 Å². The van der Waals surface area contributed by atoms with Crippen LogP contribution in [-0.2, 0) is 11.3 Å². The Kier molecular flexibility index (Phi) is 4.62. The minimum Gasteiger partial charge on any atom is -0.467 e. The van der Waals surface area contributed by atoms with Gasteiger partial charge in [0.15, 0.2) is 0 Å². The molecular formula is C18H17N3O3. The van der Waals surface area contributed by atoms with Crippen molar-refractivity contribution in [2.45, 2.75) is 25.4 Å². The lowest BCUT2D eigenvalue weighted by molar-refractivity contribution is -0.125. The topological polar surface area (TPSA) is 86.3 Å². The molecule has 0 saturated carbocycles. The molecule has 6 nitrogen and oxygen atoms in total. The van der Waals surface area contributed by atoms with E-state index >= 15 is 0 Å². The number of carbonyl (C=O) groups is 2. The molecule has 1 aromatic carbocycles. The third-order valence-electron chi connectivity index (χ3n) is 4.07. The van der Waals surface area contributed by atoms with Crippen LogP contribution in [0, 0.1) is 11.3 Å². The third kappa shape index (κ3) is 3.30. The van der Waals surface area contributed by atoms with Gasteiger partial charge in [-0.2, -0.15) is 5.26 Å². The number of benzene rings is 1. The van der Waals surface area contributed by atoms with Crippen molar-refractivity contribution in [2.75, 3.05) is 6.54 Å². The molecule has 2 amide bonds. The maximum Gasteiger partial charge on any atom is 0.254 e. The zero-order valence-corrected chi connectivity index (χ0v) is 13.1. The molecule has 0 aliphatic carbocycles. The number of nitrogens with one attached hydrogen (secondary N) is 1. The van der Waals surface area contributed by atoms with Gasteiger partial charge in [-0.1, -0.05) is 6.07 Å². The number of hydrogen-bond donors (Lipinski definition) is 1. The van der Waals surface area contributed by atoms with Crippen molar-refractivity contribution in [1.29, 1.82) is 5.26 Å². The van der Waals surface area contributed by atoms with Gasteiger partial charge in [-0.15, -0.1) is 0 Å². The Morgan fingerprint density at radius 2 is 2.21 bits per heavy atom. The Hall–Kier alpha value is -3.07. The average molecular weight is 323 g/mol. The average Bonchev–Trinajstić information content (AvgIpc) is 3.30. The van der Waals surface area contributed by atoms with Crippen LogP contribution < -0.4 is 5.32 Å². The van der Waals surface area contributed by atoms with Crippen molar-refractivity contribution in [2.24, 2.45) is 0 Å². The summed E-state index contributed by atoms with van der Waals surface area (Å²) in [7, 11) is 0. The third-order valence-corrected chi connectivity index (χ3v) is 4.07. The molecule has 1 aromatic heterocycles. The van der Waals surface area contributed by atoms with Gasteiger partial charge in [-0.25, -0.2) is 0 Å². The van der Waals surface area contributed by atoms with Crippen molar-refractivity contribution >= 4 is 11.8 Å². The summed E-state index contributed by atoms with van der Waals surface area (Å²) in [6.07, 6.45) is 2.96. The SMILES string of the molecule is N#Cc1cccc(C(=O)N2CCC[C@@H]2C(=O)NCc2ccco2)c1. The first-order valence-electron chi connectivity index (χ1n) is 7.80. The molecule has 0 unspecified atom stereocenters. The molecule has 6 heteroatoms. The van der Waals surface area contributed by atoms with E-state index in [1.54, 1.807) is 47.6 Å². The highest BCUT2D eigenvalue weighted by Gasteiger charge is 2.34. The second-order valence-corrected chi connectivity index (χ2v) is 5.65. The first-order chi connectivity index (χ1) is 11.7. The fourth-order valence-electron chi connectivity index (χ4n) is 2.88. The molecule has 1 saturated heterocycles. The minimum absolute atomic E-state index is 0.186. The lowest BCUT2D eigenvalue weighted by Crippen LogP contribution is -2.45. The molecule has 1 fully saturated rings. The van der Waals surface area contributed by atoms with E-state index in [0.717, 1.165) is 6.42 Å². The van der Waals surface area contributed by atoms with Crippen LogP contribution in [0.5, 0.6) is 0 Å². The van der Waals surface area contributed by atoms with E-state index in [2.05, 4.69) is 5.32 Å². The fraction of sp³-hybridized carbons (Fsp3) is 0.278. The summed E-state index contributed by atoms with van der Waals surface area (Å²) in [4.78, 5) is 26.7. The van der Waals surface area contributed by atoms with Crippen LogP contribution in [0.25, 0.3) is 0 Å². The maximum atomic E-state index is 12.7. The first-order valence-corrected chi connectivity index (χ1v) is 7.80. The van der Waals surface area contributed by atoms with Gasteiger partial charge in [-0.3, -0.25) is 9.59 Å². The molecule has 2 aromatic rings. The van der Waals surface area contributed by atoms with E-state index in [-0.39, 0.29) is 11.8 Å². The van der Waals surface area contributed by atoms with Crippen molar-refractivity contribution in [3.63, 3.8) is 0 Å². The highest BCUT2D eigenvalue weighted by atomic mass is 16.3. The summed E-state index contributed by atoms with van der Waals surface area (Å²) in [5.74, 6) is 0.261. The molecule has 0 bridgehead atoms. The summed E-state index contributed by atoms with van der Waals surface area (Å²) in [6, 6.07) is 11.6. The van der Waals surface area contributed by atoms with Gasteiger partial charge in [0.25, 0.3) is 5.91 Å². The van der Waals surface area contributed by atoms with Gasteiger partial charge >= 0.3 is 0 Å². The number of hydrogen-bond acceptors (Lipinski definition) is 4. The van der Waals surface area contributed by atoms with Crippen LogP contribution in [-0.4, -0.2) is 29.3 Å². The van der Waals surface area contributed by atoms with Gasteiger partial charge in [-0.05, 0) is 43.2 Å². The van der Waals surface area contributed by atoms with Crippen molar-refractivity contribution in [3.8, 4) is 6.07 Å². The normalized spacial score (nSPS) is 16.6. The Balaban J connectivity index is 1.69. The predicted octanol–water partition coefficient (Wildman–Crippen LogP) is 2.07. The largest absolute Gasteiger partial charge is 0.467 e. The van der Waals surface area contributed by atoms with E-state index in [1.165, 1.54) is 0 Å². The van der Waals surface area contributed by atoms with E-state index < -0.39 is 6.04 Å². The molecule has 1 atom stereocenters.